The van der Waals surface area contributed by atoms with Crippen molar-refractivity contribution in [1.29, 1.82) is 0 Å². The summed E-state index contributed by atoms with van der Waals surface area (Å²) in [4.78, 5) is 12.1. The molecule has 6 heteroatoms. The fraction of sp³-hybridized carbons (Fsp3) is 0.533. The molecule has 0 saturated heterocycles. The highest BCUT2D eigenvalue weighted by Crippen LogP contribution is 2.12. The Hall–Kier alpha value is -1.40. The minimum absolute atomic E-state index is 0.0907. The van der Waals surface area contributed by atoms with Crippen LogP contribution in [0.5, 0.6) is 0 Å². The van der Waals surface area contributed by atoms with Crippen LogP contribution in [0.4, 0.5) is 0 Å². The minimum Gasteiger partial charge on any atom is -0.350 e. The van der Waals surface area contributed by atoms with Gasteiger partial charge in [-0.1, -0.05) is 13.8 Å². The molecule has 0 saturated carbocycles. The quantitative estimate of drug-likeness (QED) is 0.811. The zero-order valence-electron chi connectivity index (χ0n) is 13.0. The Morgan fingerprint density at radius 3 is 2.05 bits per heavy atom. The second-order valence-electron chi connectivity index (χ2n) is 5.24. The van der Waals surface area contributed by atoms with E-state index in [1.807, 2.05) is 27.7 Å². The molecule has 0 fully saturated rings. The van der Waals surface area contributed by atoms with Crippen LogP contribution in [-0.2, 0) is 10.0 Å². The van der Waals surface area contributed by atoms with Gasteiger partial charge in [-0.3, -0.25) is 4.79 Å². The van der Waals surface area contributed by atoms with Crippen LogP contribution in [0.1, 0.15) is 50.9 Å². The van der Waals surface area contributed by atoms with Crippen LogP contribution in [0.25, 0.3) is 0 Å². The van der Waals surface area contributed by atoms with Gasteiger partial charge in [0, 0.05) is 17.6 Å². The zero-order valence-corrected chi connectivity index (χ0v) is 13.8. The first-order valence-electron chi connectivity index (χ1n) is 7.23. The van der Waals surface area contributed by atoms with Gasteiger partial charge in [-0.05, 0) is 51.0 Å². The number of hydrogen-bond donors (Lipinski definition) is 2. The smallest absolute Gasteiger partial charge is 0.251 e. The lowest BCUT2D eigenvalue weighted by Gasteiger charge is -2.13. The highest BCUT2D eigenvalue weighted by atomic mass is 32.2. The van der Waals surface area contributed by atoms with Crippen molar-refractivity contribution in [2.75, 3.05) is 0 Å². The third-order valence-corrected chi connectivity index (χ3v) is 4.99. The van der Waals surface area contributed by atoms with Crippen molar-refractivity contribution in [3.05, 3.63) is 29.8 Å². The van der Waals surface area contributed by atoms with Crippen LogP contribution in [0.2, 0.25) is 0 Å². The van der Waals surface area contributed by atoms with Crippen LogP contribution in [0, 0.1) is 0 Å². The molecule has 5 nitrogen and oxygen atoms in total. The van der Waals surface area contributed by atoms with Crippen LogP contribution in [0.3, 0.4) is 0 Å². The summed E-state index contributed by atoms with van der Waals surface area (Å²) in [6.45, 7) is 7.63. The summed E-state index contributed by atoms with van der Waals surface area (Å²) in [5.41, 5.74) is 0.456. The Morgan fingerprint density at radius 2 is 1.57 bits per heavy atom. The van der Waals surface area contributed by atoms with Gasteiger partial charge >= 0.3 is 0 Å². The minimum atomic E-state index is -3.52. The van der Waals surface area contributed by atoms with E-state index < -0.39 is 10.0 Å². The Kier molecular flexibility index (Phi) is 6.36. The van der Waals surface area contributed by atoms with Crippen LogP contribution >= 0.6 is 0 Å². The fourth-order valence-electron chi connectivity index (χ4n) is 1.61. The lowest BCUT2D eigenvalue weighted by molar-refractivity contribution is 0.0939. The van der Waals surface area contributed by atoms with Crippen molar-refractivity contribution in [2.45, 2.75) is 57.5 Å². The number of benzene rings is 1. The summed E-state index contributed by atoms with van der Waals surface area (Å²) in [6.07, 6.45) is 1.56. The number of hydrogen-bond acceptors (Lipinski definition) is 3. The van der Waals surface area contributed by atoms with E-state index in [2.05, 4.69) is 10.0 Å². The van der Waals surface area contributed by atoms with E-state index >= 15 is 0 Å². The van der Waals surface area contributed by atoms with Crippen molar-refractivity contribution in [3.63, 3.8) is 0 Å². The number of rotatable bonds is 7. The normalized spacial score (nSPS) is 14.5. The molecule has 2 atom stereocenters. The van der Waals surface area contributed by atoms with Crippen molar-refractivity contribution >= 4 is 15.9 Å². The number of sulfonamides is 1. The first kappa shape index (κ1) is 17.7. The Labute approximate surface area is 127 Å². The third-order valence-electron chi connectivity index (χ3n) is 3.39. The highest BCUT2D eigenvalue weighted by Gasteiger charge is 2.17. The maximum absolute atomic E-state index is 12.1. The summed E-state index contributed by atoms with van der Waals surface area (Å²) < 4.78 is 26.8. The lowest BCUT2D eigenvalue weighted by Crippen LogP contribution is -2.33. The van der Waals surface area contributed by atoms with E-state index in [-0.39, 0.29) is 22.9 Å². The van der Waals surface area contributed by atoms with Gasteiger partial charge in [-0.25, -0.2) is 13.1 Å². The van der Waals surface area contributed by atoms with E-state index in [4.69, 9.17) is 0 Å². The SMILES string of the molecule is CCC(C)NC(=O)c1ccc(S(=O)(=O)NC(C)CC)cc1. The molecule has 2 N–H and O–H groups in total. The van der Waals surface area contributed by atoms with Gasteiger partial charge in [-0.15, -0.1) is 0 Å². The van der Waals surface area contributed by atoms with Crippen molar-refractivity contribution in [2.24, 2.45) is 0 Å². The van der Waals surface area contributed by atoms with Crippen LogP contribution in [0.15, 0.2) is 29.2 Å². The molecule has 0 spiro atoms. The molecule has 1 aromatic rings. The standard InChI is InChI=1S/C15H24N2O3S/c1-5-11(3)16-15(18)13-7-9-14(10-8-13)21(19,20)17-12(4)6-2/h7-12,17H,5-6H2,1-4H3,(H,16,18). The third kappa shape index (κ3) is 5.13. The molecule has 0 radical (unpaired) electrons. The molecule has 118 valence electrons. The first-order valence-corrected chi connectivity index (χ1v) is 8.71. The number of nitrogens with one attached hydrogen (secondary N) is 2. The summed E-state index contributed by atoms with van der Waals surface area (Å²) in [5, 5.41) is 2.84. The lowest BCUT2D eigenvalue weighted by atomic mass is 10.2. The predicted octanol–water partition coefficient (Wildman–Crippen LogP) is 2.29. The maximum Gasteiger partial charge on any atom is 0.251 e. The largest absolute Gasteiger partial charge is 0.350 e. The zero-order chi connectivity index (χ0) is 16.0. The van der Waals surface area contributed by atoms with Gasteiger partial charge in [0.15, 0.2) is 0 Å². The van der Waals surface area contributed by atoms with Gasteiger partial charge in [-0.2, -0.15) is 0 Å². The summed E-state index contributed by atoms with van der Waals surface area (Å²) in [5.74, 6) is -0.191. The van der Waals surface area contributed by atoms with Gasteiger partial charge in [0.25, 0.3) is 5.91 Å². The number of carbonyl (C=O) groups excluding carboxylic acids is 1. The molecule has 0 aromatic heterocycles. The topological polar surface area (TPSA) is 75.3 Å². The van der Waals surface area contributed by atoms with Gasteiger partial charge in [0.05, 0.1) is 4.90 Å². The van der Waals surface area contributed by atoms with Crippen molar-refractivity contribution < 1.29 is 13.2 Å². The molecule has 0 aliphatic heterocycles. The Bertz CT molecular complexity index is 567. The maximum atomic E-state index is 12.1. The Balaban J connectivity index is 2.85. The molecule has 2 unspecified atom stereocenters. The second kappa shape index (κ2) is 7.56. The second-order valence-corrected chi connectivity index (χ2v) is 6.95. The fourth-order valence-corrected chi connectivity index (χ4v) is 2.94. The molecule has 1 rings (SSSR count). The van der Waals surface area contributed by atoms with E-state index in [1.54, 1.807) is 0 Å². The molecule has 0 bridgehead atoms. The van der Waals surface area contributed by atoms with Gasteiger partial charge in [0.1, 0.15) is 0 Å². The predicted molar refractivity (Wildman–Crippen MR) is 83.7 cm³/mol. The average Bonchev–Trinajstić information content (AvgIpc) is 2.46. The van der Waals surface area contributed by atoms with E-state index in [9.17, 15) is 13.2 Å². The molecular weight excluding hydrogens is 288 g/mol. The number of amides is 1. The highest BCUT2D eigenvalue weighted by molar-refractivity contribution is 7.89. The Morgan fingerprint density at radius 1 is 1.05 bits per heavy atom. The van der Waals surface area contributed by atoms with Crippen LogP contribution < -0.4 is 10.0 Å². The average molecular weight is 312 g/mol. The van der Waals surface area contributed by atoms with E-state index in [1.165, 1.54) is 24.3 Å². The van der Waals surface area contributed by atoms with Crippen molar-refractivity contribution in [1.82, 2.24) is 10.0 Å². The van der Waals surface area contributed by atoms with Crippen molar-refractivity contribution in [3.8, 4) is 0 Å². The monoisotopic (exact) mass is 312 g/mol. The van der Waals surface area contributed by atoms with Crippen LogP contribution in [-0.4, -0.2) is 26.4 Å². The molecule has 0 heterocycles. The number of carbonyl (C=O) groups is 1. The molecule has 0 aliphatic rings. The molecule has 1 aromatic carbocycles. The van der Waals surface area contributed by atoms with E-state index in [0.29, 0.717) is 12.0 Å². The van der Waals surface area contributed by atoms with E-state index in [0.717, 1.165) is 6.42 Å². The van der Waals surface area contributed by atoms with Gasteiger partial charge < -0.3 is 5.32 Å². The summed E-state index contributed by atoms with van der Waals surface area (Å²) >= 11 is 0. The first-order chi connectivity index (χ1) is 9.80. The summed E-state index contributed by atoms with van der Waals surface area (Å²) in [6, 6.07) is 5.94. The molecule has 0 aliphatic carbocycles. The van der Waals surface area contributed by atoms with Gasteiger partial charge in [0.2, 0.25) is 10.0 Å². The molecular formula is C15H24N2O3S. The molecule has 21 heavy (non-hydrogen) atoms. The summed E-state index contributed by atoms with van der Waals surface area (Å²) in [7, 11) is -3.52. The molecule has 1 amide bonds.